The summed E-state index contributed by atoms with van der Waals surface area (Å²) < 4.78 is 48.5. The predicted molar refractivity (Wildman–Crippen MR) is 138 cm³/mol. The Hall–Kier alpha value is -3.99. The Morgan fingerprint density at radius 1 is 1.13 bits per heavy atom. The molecule has 8 nitrogen and oxygen atoms in total. The standard InChI is InChI=1S/C27H30F3N5O3/c1-4-23(27(28,29)30)21(13-31-2)14-32-26(37)22-17-35(33-24(22)18-38-3)16-20-10-8-19(9-11-20)15-34-12-6-5-7-25(34)36/h5-13,17H,4,14-16,18H2,1-3H3,(H,32,37)/b23-21-,31-13-. The van der Waals surface area contributed by atoms with Crippen molar-refractivity contribution < 1.29 is 22.7 Å². The number of halogens is 3. The number of aromatic nitrogens is 3. The highest BCUT2D eigenvalue weighted by Crippen LogP contribution is 2.30. The third kappa shape index (κ3) is 7.51. The van der Waals surface area contributed by atoms with Gasteiger partial charge in [0.2, 0.25) is 0 Å². The normalized spacial score (nSPS) is 12.6. The van der Waals surface area contributed by atoms with Gasteiger partial charge < -0.3 is 14.6 Å². The first-order valence-electron chi connectivity index (χ1n) is 11.9. The topological polar surface area (TPSA) is 90.5 Å². The summed E-state index contributed by atoms with van der Waals surface area (Å²) in [5.74, 6) is -0.563. The maximum absolute atomic E-state index is 13.4. The van der Waals surface area contributed by atoms with Crippen LogP contribution in [-0.4, -0.2) is 53.3 Å². The van der Waals surface area contributed by atoms with Crippen LogP contribution in [0, 0.1) is 0 Å². The lowest BCUT2D eigenvalue weighted by atomic mass is 10.1. The molecule has 0 spiro atoms. The second-order valence-corrected chi connectivity index (χ2v) is 8.53. The molecule has 0 saturated carbocycles. The number of hydrogen-bond donors (Lipinski definition) is 1. The van der Waals surface area contributed by atoms with Crippen molar-refractivity contribution in [2.75, 3.05) is 20.7 Å². The van der Waals surface area contributed by atoms with E-state index in [1.54, 1.807) is 33.8 Å². The number of alkyl halides is 3. The van der Waals surface area contributed by atoms with E-state index in [1.807, 2.05) is 24.3 Å². The number of pyridine rings is 1. The molecule has 0 aliphatic carbocycles. The number of carbonyl (C=O) groups excluding carboxylic acids is 1. The zero-order chi connectivity index (χ0) is 27.7. The number of ether oxygens (including phenoxy) is 1. The molecular formula is C27H30F3N5O3. The molecule has 2 aromatic heterocycles. The van der Waals surface area contributed by atoms with Crippen LogP contribution in [0.1, 0.15) is 40.5 Å². The van der Waals surface area contributed by atoms with E-state index < -0.39 is 17.7 Å². The molecule has 0 unspecified atom stereocenters. The Bertz CT molecular complexity index is 1360. The van der Waals surface area contributed by atoms with Gasteiger partial charge in [0.1, 0.15) is 5.69 Å². The number of methoxy groups -OCH3 is 1. The van der Waals surface area contributed by atoms with Crippen molar-refractivity contribution in [1.29, 1.82) is 0 Å². The number of rotatable bonds is 11. The summed E-state index contributed by atoms with van der Waals surface area (Å²) >= 11 is 0. The van der Waals surface area contributed by atoms with E-state index in [0.29, 0.717) is 18.8 Å². The molecule has 3 rings (SSSR count). The van der Waals surface area contributed by atoms with E-state index in [9.17, 15) is 22.8 Å². The maximum atomic E-state index is 13.4. The maximum Gasteiger partial charge on any atom is 0.413 e. The minimum Gasteiger partial charge on any atom is -0.378 e. The van der Waals surface area contributed by atoms with Gasteiger partial charge in [-0.15, -0.1) is 0 Å². The third-order valence-corrected chi connectivity index (χ3v) is 5.79. The lowest BCUT2D eigenvalue weighted by Crippen LogP contribution is -2.29. The molecule has 1 aromatic carbocycles. The molecule has 2 heterocycles. The number of nitrogens with one attached hydrogen (secondary N) is 1. The summed E-state index contributed by atoms with van der Waals surface area (Å²) in [7, 11) is 2.84. The van der Waals surface area contributed by atoms with Gasteiger partial charge in [0.15, 0.2) is 0 Å². The largest absolute Gasteiger partial charge is 0.413 e. The van der Waals surface area contributed by atoms with Crippen molar-refractivity contribution in [2.45, 2.75) is 39.2 Å². The zero-order valence-electron chi connectivity index (χ0n) is 21.5. The van der Waals surface area contributed by atoms with Crippen molar-refractivity contribution >= 4 is 12.1 Å². The van der Waals surface area contributed by atoms with Crippen LogP contribution in [0.4, 0.5) is 13.2 Å². The van der Waals surface area contributed by atoms with Crippen molar-refractivity contribution in [3.8, 4) is 0 Å². The average molecular weight is 530 g/mol. The van der Waals surface area contributed by atoms with Crippen LogP contribution in [0.3, 0.4) is 0 Å². The van der Waals surface area contributed by atoms with Crippen LogP contribution in [0.25, 0.3) is 0 Å². The number of carbonyl (C=O) groups is 1. The van der Waals surface area contributed by atoms with E-state index in [4.69, 9.17) is 4.74 Å². The monoisotopic (exact) mass is 529 g/mol. The summed E-state index contributed by atoms with van der Waals surface area (Å²) in [6.07, 6.45) is -0.375. The first-order chi connectivity index (χ1) is 18.2. The summed E-state index contributed by atoms with van der Waals surface area (Å²) in [4.78, 5) is 28.6. The van der Waals surface area contributed by atoms with Gasteiger partial charge in [0.25, 0.3) is 11.5 Å². The Kier molecular flexibility index (Phi) is 9.78. The quantitative estimate of drug-likeness (QED) is 0.381. The zero-order valence-corrected chi connectivity index (χ0v) is 21.5. The van der Waals surface area contributed by atoms with E-state index >= 15 is 0 Å². The molecule has 202 valence electrons. The van der Waals surface area contributed by atoms with Gasteiger partial charge in [-0.1, -0.05) is 37.3 Å². The highest BCUT2D eigenvalue weighted by molar-refractivity contribution is 5.96. The molecule has 0 aliphatic heterocycles. The van der Waals surface area contributed by atoms with Crippen molar-refractivity contribution in [2.24, 2.45) is 4.99 Å². The van der Waals surface area contributed by atoms with Crippen LogP contribution >= 0.6 is 0 Å². The first-order valence-corrected chi connectivity index (χ1v) is 11.9. The SMILES string of the molecule is CC/C(=C(\C=N/C)CNC(=O)c1cn(Cc2ccc(Cn3ccccc3=O)cc2)nc1COC)C(F)(F)F. The Morgan fingerprint density at radius 3 is 2.39 bits per heavy atom. The molecule has 1 N–H and O–H groups in total. The molecule has 38 heavy (non-hydrogen) atoms. The number of hydrogen-bond acceptors (Lipinski definition) is 5. The average Bonchev–Trinajstić information content (AvgIpc) is 3.27. The summed E-state index contributed by atoms with van der Waals surface area (Å²) in [6.45, 7) is 1.93. The number of allylic oxidation sites excluding steroid dienone is 1. The van der Waals surface area contributed by atoms with Gasteiger partial charge in [-0.05, 0) is 29.2 Å². The molecule has 1 amide bonds. The van der Waals surface area contributed by atoms with Crippen LogP contribution in [0.15, 0.2) is 75.8 Å². The molecule has 0 bridgehead atoms. The molecule has 3 aromatic rings. The predicted octanol–water partition coefficient (Wildman–Crippen LogP) is 3.99. The fourth-order valence-electron chi connectivity index (χ4n) is 3.97. The van der Waals surface area contributed by atoms with E-state index in [2.05, 4.69) is 15.4 Å². The first kappa shape index (κ1) is 28.6. The van der Waals surface area contributed by atoms with Crippen LogP contribution < -0.4 is 10.9 Å². The second kappa shape index (κ2) is 13.0. The number of amides is 1. The number of nitrogens with zero attached hydrogens (tertiary/aromatic N) is 4. The second-order valence-electron chi connectivity index (χ2n) is 8.53. The lowest BCUT2D eigenvalue weighted by molar-refractivity contribution is -0.0941. The molecular weight excluding hydrogens is 499 g/mol. The Labute approximate surface area is 218 Å². The summed E-state index contributed by atoms with van der Waals surface area (Å²) in [5.41, 5.74) is 1.52. The van der Waals surface area contributed by atoms with Gasteiger partial charge in [0, 0.05) is 50.9 Å². The molecule has 0 fully saturated rings. The van der Waals surface area contributed by atoms with Gasteiger partial charge in [-0.2, -0.15) is 18.3 Å². The lowest BCUT2D eigenvalue weighted by Gasteiger charge is -2.15. The van der Waals surface area contributed by atoms with Crippen LogP contribution in [0.2, 0.25) is 0 Å². The van der Waals surface area contributed by atoms with Gasteiger partial charge in [-0.25, -0.2) is 0 Å². The minimum atomic E-state index is -4.52. The highest BCUT2D eigenvalue weighted by atomic mass is 19.4. The van der Waals surface area contributed by atoms with Gasteiger partial charge in [-0.3, -0.25) is 19.3 Å². The molecule has 11 heteroatoms. The number of benzene rings is 1. The van der Waals surface area contributed by atoms with Crippen molar-refractivity contribution in [3.63, 3.8) is 0 Å². The van der Waals surface area contributed by atoms with Crippen LogP contribution in [-0.2, 0) is 24.4 Å². The smallest absolute Gasteiger partial charge is 0.378 e. The molecule has 0 radical (unpaired) electrons. The highest BCUT2D eigenvalue weighted by Gasteiger charge is 2.34. The van der Waals surface area contributed by atoms with Gasteiger partial charge in [0.05, 0.1) is 25.3 Å². The Morgan fingerprint density at radius 2 is 1.82 bits per heavy atom. The number of aliphatic imine (C=N–C) groups is 1. The van der Waals surface area contributed by atoms with E-state index in [0.717, 1.165) is 17.3 Å². The molecule has 0 atom stereocenters. The van der Waals surface area contributed by atoms with Crippen molar-refractivity contribution in [1.82, 2.24) is 19.7 Å². The molecule has 0 saturated heterocycles. The van der Waals surface area contributed by atoms with E-state index in [-0.39, 0.29) is 36.3 Å². The minimum absolute atomic E-state index is 0.0579. The third-order valence-electron chi connectivity index (χ3n) is 5.79. The van der Waals surface area contributed by atoms with Gasteiger partial charge >= 0.3 is 6.18 Å². The Balaban J connectivity index is 1.75. The fraction of sp³-hybridized carbons (Fsp3) is 0.333. The van der Waals surface area contributed by atoms with Crippen LogP contribution in [0.5, 0.6) is 0 Å². The molecule has 0 aliphatic rings. The summed E-state index contributed by atoms with van der Waals surface area (Å²) in [6, 6.07) is 12.6. The fourth-order valence-corrected chi connectivity index (χ4v) is 3.97. The van der Waals surface area contributed by atoms with Crippen molar-refractivity contribution in [3.05, 3.63) is 98.7 Å². The van der Waals surface area contributed by atoms with E-state index in [1.165, 1.54) is 27.1 Å². The summed E-state index contributed by atoms with van der Waals surface area (Å²) in [5, 5.41) is 7.00.